The summed E-state index contributed by atoms with van der Waals surface area (Å²) in [6, 6.07) is 5.97. The van der Waals surface area contributed by atoms with E-state index in [9.17, 15) is 32.1 Å². The molecule has 0 aliphatic carbocycles. The van der Waals surface area contributed by atoms with Crippen LogP contribution in [-0.2, 0) is 14.8 Å². The lowest BCUT2D eigenvalue weighted by atomic mass is 10.1. The van der Waals surface area contributed by atoms with Crippen LogP contribution in [0.4, 0.5) is 20.2 Å². The summed E-state index contributed by atoms with van der Waals surface area (Å²) in [6.07, 6.45) is 0. The van der Waals surface area contributed by atoms with Crippen molar-refractivity contribution in [3.8, 4) is 0 Å². The molecule has 1 fully saturated rings. The number of hydrogen-bond acceptors (Lipinski definition) is 7. The Balaban J connectivity index is 1.83. The monoisotopic (exact) mass is 441 g/mol. The molecular weight excluding hydrogens is 424 g/mol. The molecule has 0 atom stereocenters. The number of anilines is 1. The SMILES string of the molecule is COC(=O)c1cc([N+](=O)[O-])ccc1N1CCN(S(=O)(=O)c2ccc(F)cc2F)CC1. The van der Waals surface area contributed by atoms with E-state index < -0.39 is 37.4 Å². The molecule has 0 N–H and O–H groups in total. The molecule has 1 aliphatic rings. The van der Waals surface area contributed by atoms with Crippen LogP contribution in [0.15, 0.2) is 41.3 Å². The van der Waals surface area contributed by atoms with E-state index in [2.05, 4.69) is 0 Å². The predicted molar refractivity (Wildman–Crippen MR) is 102 cm³/mol. The van der Waals surface area contributed by atoms with Crippen molar-refractivity contribution in [1.29, 1.82) is 0 Å². The summed E-state index contributed by atoms with van der Waals surface area (Å²) in [7, 11) is -3.03. The minimum atomic E-state index is -4.18. The number of carbonyl (C=O) groups is 1. The van der Waals surface area contributed by atoms with Crippen LogP contribution in [0, 0.1) is 21.7 Å². The van der Waals surface area contributed by atoms with Crippen molar-refractivity contribution in [3.05, 3.63) is 63.7 Å². The van der Waals surface area contributed by atoms with Gasteiger partial charge in [0.1, 0.15) is 16.5 Å². The van der Waals surface area contributed by atoms with Crippen molar-refractivity contribution in [2.45, 2.75) is 4.90 Å². The van der Waals surface area contributed by atoms with Crippen molar-refractivity contribution >= 4 is 27.4 Å². The van der Waals surface area contributed by atoms with E-state index in [1.165, 1.54) is 12.1 Å². The van der Waals surface area contributed by atoms with Crippen LogP contribution in [0.5, 0.6) is 0 Å². The minimum Gasteiger partial charge on any atom is -0.465 e. The summed E-state index contributed by atoms with van der Waals surface area (Å²) in [6.45, 7) is 0.223. The molecule has 12 heteroatoms. The molecular formula is C18H17F2N3O6S. The van der Waals surface area contributed by atoms with E-state index in [0.717, 1.165) is 29.6 Å². The quantitative estimate of drug-likeness (QED) is 0.397. The minimum absolute atomic E-state index is 0.0208. The summed E-state index contributed by atoms with van der Waals surface area (Å²) in [5.41, 5.74) is 0.0530. The molecule has 0 spiro atoms. The van der Waals surface area contributed by atoms with Gasteiger partial charge in [0.25, 0.3) is 5.69 Å². The lowest BCUT2D eigenvalue weighted by molar-refractivity contribution is -0.384. The molecule has 1 aliphatic heterocycles. The number of halogens is 2. The average molecular weight is 441 g/mol. The number of methoxy groups -OCH3 is 1. The fourth-order valence-electron chi connectivity index (χ4n) is 3.18. The van der Waals surface area contributed by atoms with Crippen LogP contribution >= 0.6 is 0 Å². The Morgan fingerprint density at radius 3 is 2.33 bits per heavy atom. The summed E-state index contributed by atoms with van der Waals surface area (Å²) >= 11 is 0. The first-order chi connectivity index (χ1) is 14.1. The lowest BCUT2D eigenvalue weighted by Gasteiger charge is -2.36. The highest BCUT2D eigenvalue weighted by Crippen LogP contribution is 2.29. The Kier molecular flexibility index (Phi) is 5.99. The summed E-state index contributed by atoms with van der Waals surface area (Å²) < 4.78 is 58.2. The third-order valence-corrected chi connectivity index (χ3v) is 6.62. The number of carbonyl (C=O) groups excluding carboxylic acids is 1. The van der Waals surface area contributed by atoms with Gasteiger partial charge in [-0.2, -0.15) is 4.31 Å². The van der Waals surface area contributed by atoms with Gasteiger partial charge in [-0.05, 0) is 18.2 Å². The fourth-order valence-corrected chi connectivity index (χ4v) is 4.65. The van der Waals surface area contributed by atoms with Gasteiger partial charge in [-0.1, -0.05) is 0 Å². The largest absolute Gasteiger partial charge is 0.465 e. The first kappa shape index (κ1) is 21.6. The molecule has 1 saturated heterocycles. The highest BCUT2D eigenvalue weighted by atomic mass is 32.2. The molecule has 1 heterocycles. The number of sulfonamides is 1. The van der Waals surface area contributed by atoms with Gasteiger partial charge in [0.2, 0.25) is 10.0 Å². The number of nitrogens with zero attached hydrogens (tertiary/aromatic N) is 3. The Bertz CT molecular complexity index is 1100. The zero-order chi connectivity index (χ0) is 22.1. The molecule has 0 unspecified atom stereocenters. The van der Waals surface area contributed by atoms with Gasteiger partial charge in [0.15, 0.2) is 0 Å². The van der Waals surface area contributed by atoms with E-state index in [4.69, 9.17) is 4.74 Å². The predicted octanol–water partition coefficient (Wildman–Crippen LogP) is 2.17. The second-order valence-corrected chi connectivity index (χ2v) is 8.32. The molecule has 0 aromatic heterocycles. The average Bonchev–Trinajstić information content (AvgIpc) is 2.72. The van der Waals surface area contributed by atoms with Gasteiger partial charge >= 0.3 is 5.97 Å². The zero-order valence-electron chi connectivity index (χ0n) is 15.7. The van der Waals surface area contributed by atoms with Crippen molar-refractivity contribution in [2.75, 3.05) is 38.2 Å². The fraction of sp³-hybridized carbons (Fsp3) is 0.278. The van der Waals surface area contributed by atoms with Gasteiger partial charge in [-0.3, -0.25) is 10.1 Å². The van der Waals surface area contributed by atoms with Crippen molar-refractivity contribution < 1.29 is 31.7 Å². The first-order valence-corrected chi connectivity index (χ1v) is 10.2. The van der Waals surface area contributed by atoms with Gasteiger partial charge in [0.05, 0.1) is 23.3 Å². The van der Waals surface area contributed by atoms with E-state index in [-0.39, 0.29) is 37.4 Å². The topological polar surface area (TPSA) is 110 Å². The third-order valence-electron chi connectivity index (χ3n) is 4.69. The number of nitro groups is 1. The maximum atomic E-state index is 14.0. The van der Waals surface area contributed by atoms with Gasteiger partial charge in [0, 0.05) is 44.4 Å². The van der Waals surface area contributed by atoms with Gasteiger partial charge in [-0.15, -0.1) is 0 Å². The second kappa shape index (κ2) is 8.32. The molecule has 0 amide bonds. The number of benzene rings is 2. The van der Waals surface area contributed by atoms with Crippen LogP contribution in [-0.4, -0.2) is 56.9 Å². The molecule has 0 saturated carbocycles. The van der Waals surface area contributed by atoms with E-state index in [1.54, 1.807) is 4.90 Å². The molecule has 0 radical (unpaired) electrons. The molecule has 160 valence electrons. The number of ether oxygens (including phenoxy) is 1. The first-order valence-electron chi connectivity index (χ1n) is 8.72. The number of piperazine rings is 1. The third kappa shape index (κ3) is 4.09. The molecule has 2 aromatic rings. The van der Waals surface area contributed by atoms with E-state index in [0.29, 0.717) is 11.8 Å². The second-order valence-electron chi connectivity index (χ2n) is 6.42. The smallest absolute Gasteiger partial charge is 0.340 e. The number of rotatable bonds is 5. The van der Waals surface area contributed by atoms with Crippen molar-refractivity contribution in [2.24, 2.45) is 0 Å². The Hall–Kier alpha value is -3.12. The van der Waals surface area contributed by atoms with Crippen LogP contribution < -0.4 is 4.90 Å². The number of esters is 1. The Labute approximate surface area is 170 Å². The molecule has 2 aromatic carbocycles. The molecule has 9 nitrogen and oxygen atoms in total. The van der Waals surface area contributed by atoms with Crippen LogP contribution in [0.1, 0.15) is 10.4 Å². The maximum Gasteiger partial charge on any atom is 0.340 e. The Morgan fingerprint density at radius 2 is 1.77 bits per heavy atom. The van der Waals surface area contributed by atoms with Crippen LogP contribution in [0.2, 0.25) is 0 Å². The molecule has 3 rings (SSSR count). The lowest BCUT2D eigenvalue weighted by Crippen LogP contribution is -2.49. The number of nitro benzene ring substituents is 1. The highest BCUT2D eigenvalue weighted by Gasteiger charge is 2.32. The van der Waals surface area contributed by atoms with E-state index in [1.807, 2.05) is 0 Å². The van der Waals surface area contributed by atoms with Crippen LogP contribution in [0.3, 0.4) is 0 Å². The number of non-ortho nitro benzene ring substituents is 1. The van der Waals surface area contributed by atoms with Crippen molar-refractivity contribution in [1.82, 2.24) is 4.31 Å². The standard InChI is InChI=1S/C18H17F2N3O6S/c1-29-18(24)14-11-13(23(25)26)3-4-16(14)21-6-8-22(9-7-21)30(27,28)17-5-2-12(19)10-15(17)20/h2-5,10-11H,6-9H2,1H3. The van der Waals surface area contributed by atoms with Gasteiger partial charge < -0.3 is 9.64 Å². The maximum absolute atomic E-state index is 14.0. The molecule has 30 heavy (non-hydrogen) atoms. The number of hydrogen-bond donors (Lipinski definition) is 0. The highest BCUT2D eigenvalue weighted by molar-refractivity contribution is 7.89. The zero-order valence-corrected chi connectivity index (χ0v) is 16.6. The van der Waals surface area contributed by atoms with Gasteiger partial charge in [-0.25, -0.2) is 22.0 Å². The van der Waals surface area contributed by atoms with E-state index >= 15 is 0 Å². The summed E-state index contributed by atoms with van der Waals surface area (Å²) in [5, 5.41) is 11.0. The Morgan fingerprint density at radius 1 is 1.10 bits per heavy atom. The summed E-state index contributed by atoms with van der Waals surface area (Å²) in [4.78, 5) is 23.5. The van der Waals surface area contributed by atoms with Crippen molar-refractivity contribution in [3.63, 3.8) is 0 Å². The summed E-state index contributed by atoms with van der Waals surface area (Å²) in [5.74, 6) is -2.83. The van der Waals surface area contributed by atoms with Crippen LogP contribution in [0.25, 0.3) is 0 Å². The molecule has 0 bridgehead atoms. The normalized spacial score (nSPS) is 15.1.